The second kappa shape index (κ2) is 7.11. The van der Waals surface area contributed by atoms with Gasteiger partial charge in [0.1, 0.15) is 5.82 Å². The van der Waals surface area contributed by atoms with Gasteiger partial charge in [0.15, 0.2) is 0 Å². The maximum atomic E-state index is 13.2. The fraction of sp³-hybridized carbons (Fsp3) is 0.150. The van der Waals surface area contributed by atoms with Crippen molar-refractivity contribution in [2.75, 3.05) is 6.61 Å². The third-order valence-electron chi connectivity index (χ3n) is 3.99. The maximum absolute atomic E-state index is 13.2. The van der Waals surface area contributed by atoms with Crippen LogP contribution in [-0.2, 0) is 4.74 Å². The summed E-state index contributed by atoms with van der Waals surface area (Å²) in [4.78, 5) is 12.5. The van der Waals surface area contributed by atoms with E-state index in [1.165, 1.54) is 12.1 Å². The zero-order chi connectivity index (χ0) is 18.0. The SMILES string of the molecule is CCOC(=O)c1c(-c2ccc(Cl)cc2)cn(-c2ccc(F)cc2)c1C. The third kappa shape index (κ3) is 3.44. The van der Waals surface area contributed by atoms with Crippen LogP contribution in [0.1, 0.15) is 23.0 Å². The Morgan fingerprint density at radius 2 is 1.76 bits per heavy atom. The van der Waals surface area contributed by atoms with E-state index < -0.39 is 0 Å². The van der Waals surface area contributed by atoms with Gasteiger partial charge in [0.25, 0.3) is 0 Å². The van der Waals surface area contributed by atoms with Crippen LogP contribution in [-0.4, -0.2) is 17.1 Å². The van der Waals surface area contributed by atoms with Gasteiger partial charge in [-0.05, 0) is 55.8 Å². The molecule has 0 aliphatic heterocycles. The molecule has 25 heavy (non-hydrogen) atoms. The van der Waals surface area contributed by atoms with Gasteiger partial charge < -0.3 is 9.30 Å². The number of carbonyl (C=O) groups excluding carboxylic acids is 1. The largest absolute Gasteiger partial charge is 0.462 e. The van der Waals surface area contributed by atoms with Crippen LogP contribution in [0.2, 0.25) is 5.02 Å². The quantitative estimate of drug-likeness (QED) is 0.583. The van der Waals surface area contributed by atoms with E-state index in [-0.39, 0.29) is 11.8 Å². The molecule has 1 aromatic heterocycles. The van der Waals surface area contributed by atoms with Crippen molar-refractivity contribution in [3.63, 3.8) is 0 Å². The first-order valence-electron chi connectivity index (χ1n) is 7.92. The summed E-state index contributed by atoms with van der Waals surface area (Å²) in [5.41, 5.74) is 3.60. The van der Waals surface area contributed by atoms with E-state index in [1.807, 2.05) is 29.8 Å². The molecule has 0 saturated heterocycles. The predicted molar refractivity (Wildman–Crippen MR) is 96.9 cm³/mol. The van der Waals surface area contributed by atoms with Crippen molar-refractivity contribution in [2.24, 2.45) is 0 Å². The van der Waals surface area contributed by atoms with E-state index in [0.29, 0.717) is 17.2 Å². The smallest absolute Gasteiger partial charge is 0.340 e. The maximum Gasteiger partial charge on any atom is 0.340 e. The van der Waals surface area contributed by atoms with E-state index in [0.717, 1.165) is 22.5 Å². The van der Waals surface area contributed by atoms with Crippen LogP contribution >= 0.6 is 11.6 Å². The molecule has 0 amide bonds. The van der Waals surface area contributed by atoms with E-state index in [9.17, 15) is 9.18 Å². The van der Waals surface area contributed by atoms with Crippen LogP contribution in [0.3, 0.4) is 0 Å². The first-order valence-corrected chi connectivity index (χ1v) is 8.30. The number of hydrogen-bond donors (Lipinski definition) is 0. The Kier molecular flexibility index (Phi) is 4.91. The third-order valence-corrected chi connectivity index (χ3v) is 4.24. The van der Waals surface area contributed by atoms with Gasteiger partial charge in [-0.3, -0.25) is 0 Å². The molecule has 0 bridgehead atoms. The minimum atomic E-state index is -0.384. The average Bonchev–Trinajstić information content (AvgIpc) is 2.94. The Labute approximate surface area is 150 Å². The number of ether oxygens (including phenoxy) is 1. The molecule has 3 nitrogen and oxygen atoms in total. The Morgan fingerprint density at radius 3 is 2.36 bits per heavy atom. The summed E-state index contributed by atoms with van der Waals surface area (Å²) in [6.45, 7) is 3.90. The van der Waals surface area contributed by atoms with E-state index >= 15 is 0 Å². The molecule has 0 N–H and O–H groups in total. The van der Waals surface area contributed by atoms with Crippen molar-refractivity contribution < 1.29 is 13.9 Å². The standard InChI is InChI=1S/C20H17ClFNO2/c1-3-25-20(24)19-13(2)23(17-10-8-16(22)9-11-17)12-18(19)14-4-6-15(21)7-5-14/h4-12H,3H2,1-2H3. The molecular formula is C20H17ClFNO2. The van der Waals surface area contributed by atoms with Crippen molar-refractivity contribution in [2.45, 2.75) is 13.8 Å². The first-order chi connectivity index (χ1) is 12.0. The number of nitrogens with zero attached hydrogens (tertiary/aromatic N) is 1. The molecular weight excluding hydrogens is 341 g/mol. The van der Waals surface area contributed by atoms with Gasteiger partial charge in [-0.15, -0.1) is 0 Å². The van der Waals surface area contributed by atoms with Crippen LogP contribution in [0.15, 0.2) is 54.7 Å². The fourth-order valence-corrected chi connectivity index (χ4v) is 2.91. The number of hydrogen-bond acceptors (Lipinski definition) is 2. The summed E-state index contributed by atoms with van der Waals surface area (Å²) in [6, 6.07) is 13.4. The molecule has 1 heterocycles. The van der Waals surface area contributed by atoms with Crippen LogP contribution in [0.4, 0.5) is 4.39 Å². The zero-order valence-corrected chi connectivity index (χ0v) is 14.7. The normalized spacial score (nSPS) is 10.7. The lowest BCUT2D eigenvalue weighted by Gasteiger charge is -2.07. The molecule has 0 atom stereocenters. The number of rotatable bonds is 4. The second-order valence-electron chi connectivity index (χ2n) is 5.58. The highest BCUT2D eigenvalue weighted by Gasteiger charge is 2.22. The Morgan fingerprint density at radius 1 is 1.12 bits per heavy atom. The number of halogens is 2. The molecule has 0 radical (unpaired) electrons. The van der Waals surface area contributed by atoms with Crippen molar-refractivity contribution in [3.05, 3.63) is 76.8 Å². The Hall–Kier alpha value is -2.59. The molecule has 128 valence electrons. The minimum absolute atomic E-state index is 0.292. The first kappa shape index (κ1) is 17.2. The van der Waals surface area contributed by atoms with Gasteiger partial charge >= 0.3 is 5.97 Å². The van der Waals surface area contributed by atoms with Crippen LogP contribution < -0.4 is 0 Å². The van der Waals surface area contributed by atoms with Gasteiger partial charge in [0.05, 0.1) is 12.2 Å². The molecule has 0 unspecified atom stereocenters. The molecule has 0 aliphatic carbocycles. The van der Waals surface area contributed by atoms with E-state index in [2.05, 4.69) is 0 Å². The van der Waals surface area contributed by atoms with Gasteiger partial charge in [-0.1, -0.05) is 23.7 Å². The summed E-state index contributed by atoms with van der Waals surface area (Å²) in [5.74, 6) is -0.692. The average molecular weight is 358 g/mol. The van der Waals surface area contributed by atoms with Gasteiger partial charge in [0, 0.05) is 28.2 Å². The zero-order valence-electron chi connectivity index (χ0n) is 13.9. The molecule has 3 aromatic rings. The second-order valence-corrected chi connectivity index (χ2v) is 6.01. The highest BCUT2D eigenvalue weighted by molar-refractivity contribution is 6.30. The molecule has 5 heteroatoms. The summed E-state index contributed by atoms with van der Waals surface area (Å²) < 4.78 is 20.3. The number of benzene rings is 2. The van der Waals surface area contributed by atoms with Crippen molar-refractivity contribution in [1.29, 1.82) is 0 Å². The summed E-state index contributed by atoms with van der Waals surface area (Å²) in [5, 5.41) is 0.621. The fourth-order valence-electron chi connectivity index (χ4n) is 2.78. The Bertz CT molecular complexity index is 899. The van der Waals surface area contributed by atoms with Gasteiger partial charge in [-0.2, -0.15) is 0 Å². The predicted octanol–water partition coefficient (Wildman–Crippen LogP) is 5.42. The van der Waals surface area contributed by atoms with Gasteiger partial charge in [0.2, 0.25) is 0 Å². The lowest BCUT2D eigenvalue weighted by molar-refractivity contribution is 0.0526. The van der Waals surface area contributed by atoms with Crippen molar-refractivity contribution in [1.82, 2.24) is 4.57 Å². The van der Waals surface area contributed by atoms with Crippen LogP contribution in [0.25, 0.3) is 16.8 Å². The Balaban J connectivity index is 2.18. The van der Waals surface area contributed by atoms with Crippen LogP contribution in [0, 0.1) is 12.7 Å². The van der Waals surface area contributed by atoms with Crippen molar-refractivity contribution >= 4 is 17.6 Å². The van der Waals surface area contributed by atoms with Gasteiger partial charge in [-0.25, -0.2) is 9.18 Å². The topological polar surface area (TPSA) is 31.2 Å². The highest BCUT2D eigenvalue weighted by atomic mass is 35.5. The van der Waals surface area contributed by atoms with Crippen LogP contribution in [0.5, 0.6) is 0 Å². The lowest BCUT2D eigenvalue weighted by Crippen LogP contribution is -2.07. The monoisotopic (exact) mass is 357 g/mol. The summed E-state index contributed by atoms with van der Waals surface area (Å²) in [6.07, 6.45) is 1.86. The highest BCUT2D eigenvalue weighted by Crippen LogP contribution is 2.31. The van der Waals surface area contributed by atoms with Crippen molar-refractivity contribution in [3.8, 4) is 16.8 Å². The number of esters is 1. The van der Waals surface area contributed by atoms with E-state index in [1.54, 1.807) is 31.2 Å². The molecule has 0 spiro atoms. The lowest BCUT2D eigenvalue weighted by atomic mass is 10.0. The number of carbonyl (C=O) groups is 1. The molecule has 0 saturated carbocycles. The molecule has 3 rings (SSSR count). The molecule has 0 fully saturated rings. The summed E-state index contributed by atoms with van der Waals surface area (Å²) in [7, 11) is 0. The summed E-state index contributed by atoms with van der Waals surface area (Å²) >= 11 is 5.97. The number of aromatic nitrogens is 1. The molecule has 0 aliphatic rings. The van der Waals surface area contributed by atoms with E-state index in [4.69, 9.17) is 16.3 Å². The minimum Gasteiger partial charge on any atom is -0.462 e. The molecule has 2 aromatic carbocycles.